The number of halogens is 1. The second kappa shape index (κ2) is 5.32. The lowest BCUT2D eigenvalue weighted by Gasteiger charge is -2.13. The monoisotopic (exact) mass is 231 g/mol. The molecule has 0 aliphatic carbocycles. The summed E-state index contributed by atoms with van der Waals surface area (Å²) in [7, 11) is 1.56. The van der Waals surface area contributed by atoms with E-state index in [1.165, 1.54) is 0 Å². The Bertz CT molecular complexity index is 344. The maximum Gasteiger partial charge on any atom is 0.140 e. The molecule has 1 unspecified atom stereocenters. The van der Waals surface area contributed by atoms with Gasteiger partial charge in [-0.1, -0.05) is 11.6 Å². The molecule has 0 radical (unpaired) electrons. The summed E-state index contributed by atoms with van der Waals surface area (Å²) in [6.45, 7) is 0.393. The molecule has 0 heterocycles. The van der Waals surface area contributed by atoms with E-state index in [9.17, 15) is 10.2 Å². The molecule has 0 saturated carbocycles. The van der Waals surface area contributed by atoms with Crippen molar-refractivity contribution in [1.29, 1.82) is 0 Å². The van der Waals surface area contributed by atoms with Gasteiger partial charge in [-0.05, 0) is 17.7 Å². The molecule has 4 N–H and O–H groups in total. The van der Waals surface area contributed by atoms with Crippen LogP contribution in [0.2, 0.25) is 5.02 Å². The third-order valence-corrected chi connectivity index (χ3v) is 2.33. The number of hydrogen-bond donors (Lipinski definition) is 3. The van der Waals surface area contributed by atoms with Crippen LogP contribution in [0.3, 0.4) is 0 Å². The molecular weight excluding hydrogens is 218 g/mol. The normalized spacial score (nSPS) is 12.8. The highest BCUT2D eigenvalue weighted by Gasteiger charge is 2.14. The van der Waals surface area contributed by atoms with Gasteiger partial charge in [-0.3, -0.25) is 0 Å². The highest BCUT2D eigenvalue weighted by Crippen LogP contribution is 2.33. The number of hydrogen-bond acceptors (Lipinski definition) is 4. The van der Waals surface area contributed by atoms with Crippen molar-refractivity contribution < 1.29 is 14.9 Å². The second-order valence-electron chi connectivity index (χ2n) is 3.20. The van der Waals surface area contributed by atoms with Crippen LogP contribution in [0.25, 0.3) is 0 Å². The number of ether oxygens (including phenoxy) is 1. The Morgan fingerprint density at radius 3 is 2.73 bits per heavy atom. The Labute approximate surface area is 93.2 Å². The largest absolute Gasteiger partial charge is 0.506 e. The number of benzene rings is 1. The van der Waals surface area contributed by atoms with Crippen molar-refractivity contribution in [3.63, 3.8) is 0 Å². The summed E-state index contributed by atoms with van der Waals surface area (Å²) in [6, 6.07) is 3.22. The Morgan fingerprint density at radius 1 is 1.53 bits per heavy atom. The summed E-state index contributed by atoms with van der Waals surface area (Å²) < 4.78 is 4.94. The van der Waals surface area contributed by atoms with E-state index in [1.807, 2.05) is 0 Å². The lowest BCUT2D eigenvalue weighted by atomic mass is 10.0. The Kier molecular flexibility index (Phi) is 4.35. The Balaban J connectivity index is 3.12. The first-order valence-corrected chi connectivity index (χ1v) is 4.86. The standard InChI is InChI=1S/C10H14ClNO3/c1-15-5-6-2-7(9(13)4-12)10(14)8(11)3-6/h2-3,9,13-14H,4-5,12H2,1H3. The van der Waals surface area contributed by atoms with Gasteiger partial charge in [-0.25, -0.2) is 0 Å². The van der Waals surface area contributed by atoms with Crippen LogP contribution in [-0.4, -0.2) is 23.9 Å². The topological polar surface area (TPSA) is 75.7 Å². The molecule has 0 bridgehead atoms. The third-order valence-electron chi connectivity index (χ3n) is 2.05. The van der Waals surface area contributed by atoms with Crippen LogP contribution in [0.15, 0.2) is 12.1 Å². The molecule has 0 fully saturated rings. The van der Waals surface area contributed by atoms with E-state index >= 15 is 0 Å². The summed E-state index contributed by atoms with van der Waals surface area (Å²) in [5.74, 6) is -0.130. The van der Waals surface area contributed by atoms with Crippen molar-refractivity contribution in [2.45, 2.75) is 12.7 Å². The fourth-order valence-corrected chi connectivity index (χ4v) is 1.56. The van der Waals surface area contributed by atoms with Gasteiger partial charge in [0.05, 0.1) is 17.7 Å². The molecule has 5 heteroatoms. The summed E-state index contributed by atoms with van der Waals surface area (Å²) in [4.78, 5) is 0. The minimum Gasteiger partial charge on any atom is -0.506 e. The smallest absolute Gasteiger partial charge is 0.140 e. The van der Waals surface area contributed by atoms with Crippen LogP contribution in [-0.2, 0) is 11.3 Å². The number of nitrogens with two attached hydrogens (primary N) is 1. The van der Waals surface area contributed by atoms with Crippen LogP contribution >= 0.6 is 11.6 Å². The van der Waals surface area contributed by atoms with Crippen LogP contribution in [0, 0.1) is 0 Å². The average molecular weight is 232 g/mol. The third kappa shape index (κ3) is 2.82. The fraction of sp³-hybridized carbons (Fsp3) is 0.400. The van der Waals surface area contributed by atoms with Gasteiger partial charge in [0.15, 0.2) is 0 Å². The van der Waals surface area contributed by atoms with Gasteiger partial charge >= 0.3 is 0 Å². The van der Waals surface area contributed by atoms with Gasteiger partial charge in [-0.15, -0.1) is 0 Å². The summed E-state index contributed by atoms with van der Waals surface area (Å²) in [6.07, 6.45) is -0.917. The number of aliphatic hydroxyl groups excluding tert-OH is 1. The highest BCUT2D eigenvalue weighted by molar-refractivity contribution is 6.32. The maximum absolute atomic E-state index is 9.60. The highest BCUT2D eigenvalue weighted by atomic mass is 35.5. The Morgan fingerprint density at radius 2 is 2.20 bits per heavy atom. The van der Waals surface area contributed by atoms with Gasteiger partial charge in [-0.2, -0.15) is 0 Å². The van der Waals surface area contributed by atoms with Crippen molar-refractivity contribution in [2.24, 2.45) is 5.73 Å². The predicted molar refractivity (Wildman–Crippen MR) is 57.8 cm³/mol. The van der Waals surface area contributed by atoms with Crippen molar-refractivity contribution in [1.82, 2.24) is 0 Å². The molecule has 0 aliphatic heterocycles. The molecule has 1 aromatic rings. The zero-order chi connectivity index (χ0) is 11.4. The van der Waals surface area contributed by atoms with Gasteiger partial charge < -0.3 is 20.7 Å². The van der Waals surface area contributed by atoms with Crippen molar-refractivity contribution in [3.05, 3.63) is 28.3 Å². The first kappa shape index (κ1) is 12.3. The van der Waals surface area contributed by atoms with Gasteiger partial charge in [0.2, 0.25) is 0 Å². The van der Waals surface area contributed by atoms with Gasteiger partial charge in [0, 0.05) is 19.2 Å². The first-order valence-electron chi connectivity index (χ1n) is 4.48. The number of aromatic hydroxyl groups is 1. The van der Waals surface area contributed by atoms with Crippen LogP contribution in [0.4, 0.5) is 0 Å². The summed E-state index contributed by atoms with van der Waals surface area (Å²) >= 11 is 5.80. The number of methoxy groups -OCH3 is 1. The van der Waals surface area contributed by atoms with E-state index in [-0.39, 0.29) is 17.3 Å². The second-order valence-corrected chi connectivity index (χ2v) is 3.61. The fourth-order valence-electron chi connectivity index (χ4n) is 1.31. The lowest BCUT2D eigenvalue weighted by Crippen LogP contribution is -2.12. The first-order chi connectivity index (χ1) is 7.10. The zero-order valence-electron chi connectivity index (χ0n) is 8.40. The number of rotatable bonds is 4. The van der Waals surface area contributed by atoms with Crippen molar-refractivity contribution in [2.75, 3.05) is 13.7 Å². The SMILES string of the molecule is COCc1cc(Cl)c(O)c(C(O)CN)c1. The molecule has 4 nitrogen and oxygen atoms in total. The molecule has 15 heavy (non-hydrogen) atoms. The molecule has 0 saturated heterocycles. The maximum atomic E-state index is 9.60. The zero-order valence-corrected chi connectivity index (χ0v) is 9.16. The number of phenols is 1. The molecule has 84 valence electrons. The Hall–Kier alpha value is -0.810. The minimum absolute atomic E-state index is 0.0281. The summed E-state index contributed by atoms with van der Waals surface area (Å²) in [5.41, 5.74) is 6.42. The van der Waals surface area contributed by atoms with Crippen LogP contribution < -0.4 is 5.73 Å². The molecular formula is C10H14ClNO3. The predicted octanol–water partition coefficient (Wildman–Crippen LogP) is 1.18. The number of phenolic OH excluding ortho intramolecular Hbond substituents is 1. The molecule has 0 amide bonds. The molecule has 0 aliphatic rings. The minimum atomic E-state index is -0.917. The van der Waals surface area contributed by atoms with E-state index in [4.69, 9.17) is 22.1 Å². The van der Waals surface area contributed by atoms with Crippen LogP contribution in [0.5, 0.6) is 5.75 Å². The van der Waals surface area contributed by atoms with E-state index < -0.39 is 6.10 Å². The van der Waals surface area contributed by atoms with Crippen molar-refractivity contribution >= 4 is 11.6 Å². The van der Waals surface area contributed by atoms with E-state index in [0.29, 0.717) is 12.2 Å². The van der Waals surface area contributed by atoms with E-state index in [2.05, 4.69) is 0 Å². The van der Waals surface area contributed by atoms with Crippen molar-refractivity contribution in [3.8, 4) is 5.75 Å². The van der Waals surface area contributed by atoms with Gasteiger partial charge in [0.1, 0.15) is 5.75 Å². The molecule has 1 aromatic carbocycles. The van der Waals surface area contributed by atoms with Crippen LogP contribution in [0.1, 0.15) is 17.2 Å². The molecule has 0 spiro atoms. The molecule has 1 atom stereocenters. The number of aliphatic hydroxyl groups is 1. The molecule has 0 aromatic heterocycles. The lowest BCUT2D eigenvalue weighted by molar-refractivity contribution is 0.177. The van der Waals surface area contributed by atoms with E-state index in [1.54, 1.807) is 19.2 Å². The average Bonchev–Trinajstić information content (AvgIpc) is 2.22. The van der Waals surface area contributed by atoms with Gasteiger partial charge in [0.25, 0.3) is 0 Å². The van der Waals surface area contributed by atoms with E-state index in [0.717, 1.165) is 5.56 Å². The quantitative estimate of drug-likeness (QED) is 0.728. The molecule has 1 rings (SSSR count). The summed E-state index contributed by atoms with van der Waals surface area (Å²) in [5, 5.41) is 19.3.